The SMILES string of the molecule is CC[C@H](NC(=O)NCCc1cscn1)C(=O)O. The predicted octanol–water partition coefficient (Wildman–Crippen LogP) is 0.848. The molecule has 0 fully saturated rings. The normalized spacial score (nSPS) is 11.8. The number of aliphatic carboxylic acids is 1. The highest BCUT2D eigenvalue weighted by Crippen LogP contribution is 2.00. The number of nitrogens with zero attached hydrogens (tertiary/aromatic N) is 1. The highest BCUT2D eigenvalue weighted by molar-refractivity contribution is 7.07. The van der Waals surface area contributed by atoms with Gasteiger partial charge in [-0.25, -0.2) is 14.6 Å². The molecule has 0 spiro atoms. The summed E-state index contributed by atoms with van der Waals surface area (Å²) in [5.74, 6) is -1.03. The van der Waals surface area contributed by atoms with Gasteiger partial charge in [0.2, 0.25) is 0 Å². The lowest BCUT2D eigenvalue weighted by Gasteiger charge is -2.12. The number of rotatable bonds is 6. The summed E-state index contributed by atoms with van der Waals surface area (Å²) in [5, 5.41) is 15.6. The van der Waals surface area contributed by atoms with Crippen molar-refractivity contribution in [2.24, 2.45) is 0 Å². The second-order valence-electron chi connectivity index (χ2n) is 3.43. The molecule has 1 aromatic heterocycles. The first-order valence-electron chi connectivity index (χ1n) is 5.27. The predicted molar refractivity (Wildman–Crippen MR) is 64.1 cm³/mol. The van der Waals surface area contributed by atoms with Crippen LogP contribution in [-0.2, 0) is 11.2 Å². The maximum absolute atomic E-state index is 11.3. The van der Waals surface area contributed by atoms with Gasteiger partial charge in [0.1, 0.15) is 6.04 Å². The number of carbonyl (C=O) groups excluding carboxylic acids is 1. The standard InChI is InChI=1S/C10H15N3O3S/c1-2-8(9(14)15)13-10(16)11-4-3-7-5-17-6-12-7/h5-6,8H,2-4H2,1H3,(H,14,15)(H2,11,13,16)/t8-/m0/s1. The number of carboxylic acid groups (broad SMARTS) is 1. The van der Waals surface area contributed by atoms with Crippen LogP contribution in [0.3, 0.4) is 0 Å². The quantitative estimate of drug-likeness (QED) is 0.704. The highest BCUT2D eigenvalue weighted by atomic mass is 32.1. The lowest BCUT2D eigenvalue weighted by Crippen LogP contribution is -2.46. The summed E-state index contributed by atoms with van der Waals surface area (Å²) in [6.07, 6.45) is 0.996. The van der Waals surface area contributed by atoms with Gasteiger partial charge in [-0.1, -0.05) is 6.92 Å². The zero-order valence-electron chi connectivity index (χ0n) is 9.47. The van der Waals surface area contributed by atoms with Crippen molar-refractivity contribution < 1.29 is 14.7 Å². The molecule has 0 unspecified atom stereocenters. The van der Waals surface area contributed by atoms with Gasteiger partial charge in [-0.3, -0.25) is 0 Å². The summed E-state index contributed by atoms with van der Waals surface area (Å²) < 4.78 is 0. The van der Waals surface area contributed by atoms with Gasteiger partial charge in [-0.15, -0.1) is 11.3 Å². The van der Waals surface area contributed by atoms with Gasteiger partial charge in [0.05, 0.1) is 11.2 Å². The van der Waals surface area contributed by atoms with Crippen LogP contribution in [0.25, 0.3) is 0 Å². The first kappa shape index (κ1) is 13.4. The minimum Gasteiger partial charge on any atom is -0.480 e. The number of carboxylic acids is 1. The summed E-state index contributed by atoms with van der Waals surface area (Å²) in [5.41, 5.74) is 2.65. The Balaban J connectivity index is 2.23. The molecule has 0 aliphatic carbocycles. The molecule has 0 saturated heterocycles. The first-order chi connectivity index (χ1) is 8.13. The van der Waals surface area contributed by atoms with Crippen LogP contribution in [0.1, 0.15) is 19.0 Å². The molecule has 0 radical (unpaired) electrons. The van der Waals surface area contributed by atoms with Crippen molar-refractivity contribution in [2.75, 3.05) is 6.54 Å². The van der Waals surface area contributed by atoms with E-state index in [2.05, 4.69) is 15.6 Å². The van der Waals surface area contributed by atoms with Gasteiger partial charge < -0.3 is 15.7 Å². The second-order valence-corrected chi connectivity index (χ2v) is 4.15. The Morgan fingerprint density at radius 3 is 2.88 bits per heavy atom. The lowest BCUT2D eigenvalue weighted by molar-refractivity contribution is -0.139. The van der Waals surface area contributed by atoms with E-state index in [-0.39, 0.29) is 0 Å². The van der Waals surface area contributed by atoms with E-state index in [0.29, 0.717) is 19.4 Å². The zero-order valence-corrected chi connectivity index (χ0v) is 10.3. The molecule has 1 heterocycles. The smallest absolute Gasteiger partial charge is 0.326 e. The molecule has 0 bridgehead atoms. The third-order valence-corrected chi connectivity index (χ3v) is 2.80. The van der Waals surface area contributed by atoms with Crippen molar-refractivity contribution in [2.45, 2.75) is 25.8 Å². The van der Waals surface area contributed by atoms with E-state index in [4.69, 9.17) is 5.11 Å². The van der Waals surface area contributed by atoms with Crippen molar-refractivity contribution in [3.05, 3.63) is 16.6 Å². The van der Waals surface area contributed by atoms with Crippen molar-refractivity contribution >= 4 is 23.3 Å². The van der Waals surface area contributed by atoms with Crippen LogP contribution in [0.5, 0.6) is 0 Å². The van der Waals surface area contributed by atoms with E-state index >= 15 is 0 Å². The van der Waals surface area contributed by atoms with Crippen LogP contribution in [0.15, 0.2) is 10.9 Å². The third-order valence-electron chi connectivity index (χ3n) is 2.16. The van der Waals surface area contributed by atoms with Crippen LogP contribution in [0.2, 0.25) is 0 Å². The molecule has 7 heteroatoms. The average molecular weight is 257 g/mol. The van der Waals surface area contributed by atoms with E-state index in [0.717, 1.165) is 5.69 Å². The van der Waals surface area contributed by atoms with Crippen molar-refractivity contribution in [3.63, 3.8) is 0 Å². The van der Waals surface area contributed by atoms with Crippen LogP contribution in [0.4, 0.5) is 4.79 Å². The summed E-state index contributed by atoms with van der Waals surface area (Å²) in [4.78, 5) is 26.1. The van der Waals surface area contributed by atoms with Gasteiger partial charge >= 0.3 is 12.0 Å². The van der Waals surface area contributed by atoms with Crippen LogP contribution in [-0.4, -0.2) is 34.7 Å². The minimum absolute atomic E-state index is 0.356. The van der Waals surface area contributed by atoms with E-state index < -0.39 is 18.0 Å². The molecule has 0 aromatic carbocycles. The number of nitrogens with one attached hydrogen (secondary N) is 2. The minimum atomic E-state index is -1.03. The first-order valence-corrected chi connectivity index (χ1v) is 6.22. The maximum Gasteiger partial charge on any atom is 0.326 e. The fourth-order valence-corrected chi connectivity index (χ4v) is 1.81. The van der Waals surface area contributed by atoms with E-state index in [1.54, 1.807) is 12.4 Å². The summed E-state index contributed by atoms with van der Waals surface area (Å²) in [6.45, 7) is 2.14. The zero-order chi connectivity index (χ0) is 12.7. The summed E-state index contributed by atoms with van der Waals surface area (Å²) >= 11 is 1.50. The fraction of sp³-hybridized carbons (Fsp3) is 0.500. The molecule has 1 rings (SSSR count). The molecule has 0 aliphatic rings. The molecule has 17 heavy (non-hydrogen) atoms. The number of urea groups is 1. The monoisotopic (exact) mass is 257 g/mol. The van der Waals surface area contributed by atoms with Crippen LogP contribution < -0.4 is 10.6 Å². The summed E-state index contributed by atoms with van der Waals surface area (Å²) in [7, 11) is 0. The molecule has 1 atom stereocenters. The Bertz CT molecular complexity index is 367. The third kappa shape index (κ3) is 4.81. The molecular formula is C10H15N3O3S. The van der Waals surface area contributed by atoms with E-state index in [1.165, 1.54) is 11.3 Å². The van der Waals surface area contributed by atoms with Crippen molar-refractivity contribution in [1.82, 2.24) is 15.6 Å². The van der Waals surface area contributed by atoms with E-state index in [1.807, 2.05) is 5.38 Å². The molecular weight excluding hydrogens is 242 g/mol. The molecule has 1 aromatic rings. The average Bonchev–Trinajstić information content (AvgIpc) is 2.78. The second kappa shape index (κ2) is 6.85. The number of amides is 2. The lowest BCUT2D eigenvalue weighted by atomic mass is 10.2. The Kier molecular flexibility index (Phi) is 5.41. The molecule has 2 amide bonds. The van der Waals surface area contributed by atoms with Gasteiger partial charge in [0.15, 0.2) is 0 Å². The molecule has 0 saturated carbocycles. The van der Waals surface area contributed by atoms with Gasteiger partial charge in [0.25, 0.3) is 0 Å². The van der Waals surface area contributed by atoms with Gasteiger partial charge in [-0.05, 0) is 6.42 Å². The largest absolute Gasteiger partial charge is 0.480 e. The number of hydrogen-bond acceptors (Lipinski definition) is 4. The number of hydrogen-bond donors (Lipinski definition) is 3. The van der Waals surface area contributed by atoms with Gasteiger partial charge in [0, 0.05) is 18.3 Å². The van der Waals surface area contributed by atoms with Crippen LogP contribution >= 0.6 is 11.3 Å². The Morgan fingerprint density at radius 1 is 1.59 bits per heavy atom. The molecule has 0 aliphatic heterocycles. The Morgan fingerprint density at radius 2 is 2.35 bits per heavy atom. The molecule has 3 N–H and O–H groups in total. The number of carbonyl (C=O) groups is 2. The molecule has 94 valence electrons. The maximum atomic E-state index is 11.3. The topological polar surface area (TPSA) is 91.3 Å². The number of thiazole rings is 1. The molecule has 6 nitrogen and oxygen atoms in total. The van der Waals surface area contributed by atoms with Gasteiger partial charge in [-0.2, -0.15) is 0 Å². The van der Waals surface area contributed by atoms with Crippen molar-refractivity contribution in [1.29, 1.82) is 0 Å². The Labute approximate surface area is 103 Å². The van der Waals surface area contributed by atoms with E-state index in [9.17, 15) is 9.59 Å². The Hall–Kier alpha value is -1.63. The van der Waals surface area contributed by atoms with Crippen LogP contribution in [0, 0.1) is 0 Å². The summed E-state index contributed by atoms with van der Waals surface area (Å²) in [6, 6.07) is -1.30. The fourth-order valence-electron chi connectivity index (χ4n) is 1.21. The highest BCUT2D eigenvalue weighted by Gasteiger charge is 2.16. The van der Waals surface area contributed by atoms with Crippen molar-refractivity contribution in [3.8, 4) is 0 Å². The number of aromatic nitrogens is 1.